The summed E-state index contributed by atoms with van der Waals surface area (Å²) < 4.78 is 17.2. The number of methoxy groups -OCH3 is 1. The smallest absolute Gasteiger partial charge is 0.225 e. The highest BCUT2D eigenvalue weighted by molar-refractivity contribution is 4.91. The number of rotatable bonds is 3. The van der Waals surface area contributed by atoms with Crippen molar-refractivity contribution in [1.29, 1.82) is 0 Å². The Morgan fingerprint density at radius 3 is 2.56 bits per heavy atom. The van der Waals surface area contributed by atoms with Gasteiger partial charge in [-0.25, -0.2) is 4.39 Å². The molecule has 0 aromatic rings. The van der Waals surface area contributed by atoms with Gasteiger partial charge < -0.3 is 4.74 Å². The van der Waals surface area contributed by atoms with E-state index in [9.17, 15) is 4.39 Å². The lowest BCUT2D eigenvalue weighted by Crippen LogP contribution is -2.15. The summed E-state index contributed by atoms with van der Waals surface area (Å²) in [6.07, 6.45) is 3.99. The van der Waals surface area contributed by atoms with E-state index in [1.807, 2.05) is 6.92 Å². The van der Waals surface area contributed by atoms with Crippen LogP contribution in [0.4, 0.5) is 4.39 Å². The minimum absolute atomic E-state index is 0.836. The molecular formula is C7H13FO. The Morgan fingerprint density at radius 1 is 1.67 bits per heavy atom. The summed E-state index contributed by atoms with van der Waals surface area (Å²) in [4.78, 5) is 0. The predicted octanol–water partition coefficient (Wildman–Crippen LogP) is 2.28. The molecule has 0 saturated heterocycles. The molecule has 0 aliphatic rings. The topological polar surface area (TPSA) is 9.23 Å². The summed E-state index contributed by atoms with van der Waals surface area (Å²) in [5.41, 5.74) is 0. The van der Waals surface area contributed by atoms with Gasteiger partial charge in [0.05, 0.1) is 0 Å². The van der Waals surface area contributed by atoms with Gasteiger partial charge in [-0.3, -0.25) is 0 Å². The molecule has 0 N–H and O–H groups in total. The van der Waals surface area contributed by atoms with Crippen LogP contribution in [-0.4, -0.2) is 13.0 Å². The molecule has 0 amide bonds. The van der Waals surface area contributed by atoms with Crippen LogP contribution in [0.2, 0.25) is 0 Å². The number of halogens is 1. The molecule has 0 rings (SSSR count). The van der Waals surface area contributed by atoms with E-state index >= 15 is 0 Å². The molecule has 1 nitrogen and oxygen atoms in total. The highest BCUT2D eigenvalue weighted by atomic mass is 19.2. The van der Waals surface area contributed by atoms with E-state index in [-0.39, 0.29) is 0 Å². The molecule has 0 aliphatic carbocycles. The van der Waals surface area contributed by atoms with Crippen molar-refractivity contribution in [1.82, 2.24) is 0 Å². The molecule has 0 saturated carbocycles. The molecule has 2 heteroatoms. The number of hydrogen-bond donors (Lipinski definition) is 0. The third-order valence-electron chi connectivity index (χ3n) is 1.05. The average molecular weight is 132 g/mol. The standard InChI is InChI=1S/C7H13FO/c1-4-5-6-7(2,8)9-3/h5-6H,4H2,1-3H3/b6-5-. The first kappa shape index (κ1) is 8.63. The van der Waals surface area contributed by atoms with Crippen molar-refractivity contribution >= 4 is 0 Å². The zero-order valence-electron chi connectivity index (χ0n) is 6.15. The molecule has 1 unspecified atom stereocenters. The molecule has 0 aromatic heterocycles. The van der Waals surface area contributed by atoms with Crippen molar-refractivity contribution in [3.05, 3.63) is 12.2 Å². The van der Waals surface area contributed by atoms with Crippen LogP contribution in [0, 0.1) is 0 Å². The van der Waals surface area contributed by atoms with Crippen LogP contribution in [-0.2, 0) is 4.74 Å². The van der Waals surface area contributed by atoms with Gasteiger partial charge in [0.1, 0.15) is 0 Å². The molecule has 0 heterocycles. The van der Waals surface area contributed by atoms with Gasteiger partial charge in [-0.15, -0.1) is 0 Å². The molecule has 9 heavy (non-hydrogen) atoms. The Morgan fingerprint density at radius 2 is 2.22 bits per heavy atom. The number of alkyl halides is 1. The maximum atomic E-state index is 12.7. The van der Waals surface area contributed by atoms with Gasteiger partial charge in [0.2, 0.25) is 5.85 Å². The summed E-state index contributed by atoms with van der Waals surface area (Å²) in [6, 6.07) is 0. The minimum atomic E-state index is -1.59. The fourth-order valence-corrected chi connectivity index (χ4v) is 0.396. The van der Waals surface area contributed by atoms with Gasteiger partial charge in [-0.1, -0.05) is 13.0 Å². The Kier molecular flexibility index (Phi) is 3.47. The molecule has 0 fully saturated rings. The molecule has 0 aliphatic heterocycles. The average Bonchev–Trinajstić information content (AvgIpc) is 1.84. The lowest BCUT2D eigenvalue weighted by atomic mass is 10.3. The molecular weight excluding hydrogens is 119 g/mol. The maximum Gasteiger partial charge on any atom is 0.225 e. The van der Waals surface area contributed by atoms with Gasteiger partial charge in [-0.05, 0) is 19.4 Å². The van der Waals surface area contributed by atoms with Crippen molar-refractivity contribution in [2.75, 3.05) is 7.11 Å². The van der Waals surface area contributed by atoms with E-state index in [1.165, 1.54) is 20.1 Å². The van der Waals surface area contributed by atoms with Gasteiger partial charge in [0.25, 0.3) is 0 Å². The Bertz CT molecular complexity index is 97.1. The summed E-state index contributed by atoms with van der Waals surface area (Å²) >= 11 is 0. The largest absolute Gasteiger partial charge is 0.346 e. The number of allylic oxidation sites excluding steroid dienone is 1. The second-order valence-electron chi connectivity index (χ2n) is 2.00. The highest BCUT2D eigenvalue weighted by Crippen LogP contribution is 2.11. The normalized spacial score (nSPS) is 18.2. The zero-order valence-corrected chi connectivity index (χ0v) is 6.15. The third-order valence-corrected chi connectivity index (χ3v) is 1.05. The fourth-order valence-electron chi connectivity index (χ4n) is 0.396. The van der Waals surface area contributed by atoms with E-state index < -0.39 is 5.85 Å². The second-order valence-corrected chi connectivity index (χ2v) is 2.00. The first-order valence-electron chi connectivity index (χ1n) is 3.04. The summed E-state index contributed by atoms with van der Waals surface area (Å²) in [7, 11) is 1.35. The Balaban J connectivity index is 3.70. The predicted molar refractivity (Wildman–Crippen MR) is 36.0 cm³/mol. The number of hydrogen-bond acceptors (Lipinski definition) is 1. The molecule has 54 valence electrons. The van der Waals surface area contributed by atoms with Crippen LogP contribution in [0.3, 0.4) is 0 Å². The molecule has 0 spiro atoms. The van der Waals surface area contributed by atoms with Crippen molar-refractivity contribution in [2.45, 2.75) is 26.1 Å². The van der Waals surface area contributed by atoms with Crippen LogP contribution < -0.4 is 0 Å². The van der Waals surface area contributed by atoms with Crippen molar-refractivity contribution < 1.29 is 9.13 Å². The lowest BCUT2D eigenvalue weighted by molar-refractivity contribution is -0.0627. The Hall–Kier alpha value is -0.370. The van der Waals surface area contributed by atoms with E-state index in [0.717, 1.165) is 6.42 Å². The van der Waals surface area contributed by atoms with E-state index in [4.69, 9.17) is 0 Å². The van der Waals surface area contributed by atoms with E-state index in [0.29, 0.717) is 0 Å². The van der Waals surface area contributed by atoms with E-state index in [2.05, 4.69) is 4.74 Å². The van der Waals surface area contributed by atoms with Crippen molar-refractivity contribution in [3.63, 3.8) is 0 Å². The van der Waals surface area contributed by atoms with E-state index in [1.54, 1.807) is 6.08 Å². The van der Waals surface area contributed by atoms with Crippen LogP contribution in [0.1, 0.15) is 20.3 Å². The lowest BCUT2D eigenvalue weighted by Gasteiger charge is -2.11. The zero-order chi connectivity index (χ0) is 7.33. The molecule has 0 bridgehead atoms. The van der Waals surface area contributed by atoms with Gasteiger partial charge in [-0.2, -0.15) is 0 Å². The molecule has 0 radical (unpaired) electrons. The SMILES string of the molecule is CC/C=C\C(C)(F)OC. The highest BCUT2D eigenvalue weighted by Gasteiger charge is 2.15. The fraction of sp³-hybridized carbons (Fsp3) is 0.714. The minimum Gasteiger partial charge on any atom is -0.346 e. The first-order valence-corrected chi connectivity index (χ1v) is 3.04. The summed E-state index contributed by atoms with van der Waals surface area (Å²) in [5, 5.41) is 0. The maximum absolute atomic E-state index is 12.7. The monoisotopic (exact) mass is 132 g/mol. The van der Waals surface area contributed by atoms with Gasteiger partial charge in [0.15, 0.2) is 0 Å². The summed E-state index contributed by atoms with van der Waals surface area (Å²) in [6.45, 7) is 3.32. The molecule has 1 atom stereocenters. The Labute approximate surface area is 55.5 Å². The van der Waals surface area contributed by atoms with Crippen LogP contribution in [0.15, 0.2) is 12.2 Å². The quantitative estimate of drug-likeness (QED) is 0.535. The van der Waals surface area contributed by atoms with Crippen LogP contribution in [0.5, 0.6) is 0 Å². The second kappa shape index (κ2) is 3.62. The van der Waals surface area contributed by atoms with Gasteiger partial charge in [0, 0.05) is 7.11 Å². The van der Waals surface area contributed by atoms with Gasteiger partial charge >= 0.3 is 0 Å². The molecule has 0 aromatic carbocycles. The summed E-state index contributed by atoms with van der Waals surface area (Å²) in [5.74, 6) is -1.59. The first-order chi connectivity index (χ1) is 4.12. The van der Waals surface area contributed by atoms with Crippen molar-refractivity contribution in [3.8, 4) is 0 Å². The van der Waals surface area contributed by atoms with Crippen LogP contribution in [0.25, 0.3) is 0 Å². The third kappa shape index (κ3) is 4.15. The number of ether oxygens (including phenoxy) is 1. The van der Waals surface area contributed by atoms with Crippen molar-refractivity contribution in [2.24, 2.45) is 0 Å². The van der Waals surface area contributed by atoms with Crippen LogP contribution >= 0.6 is 0 Å².